The number of carbonyl (C=O) groups is 1. The van der Waals surface area contributed by atoms with E-state index in [0.717, 1.165) is 24.7 Å². The van der Waals surface area contributed by atoms with Crippen molar-refractivity contribution in [3.63, 3.8) is 0 Å². The number of ether oxygens (including phenoxy) is 1. The molecule has 4 rings (SSSR count). The Bertz CT molecular complexity index is 555. The molecule has 1 N–H and O–H groups in total. The van der Waals surface area contributed by atoms with Crippen molar-refractivity contribution in [2.75, 3.05) is 0 Å². The Kier molecular flexibility index (Phi) is 3.87. The molecule has 0 spiro atoms. The molecule has 0 unspecified atom stereocenters. The third kappa shape index (κ3) is 2.30. The number of hydrogen-bond acceptors (Lipinski definition) is 3. The van der Waals surface area contributed by atoms with E-state index in [1.807, 2.05) is 6.08 Å². The van der Waals surface area contributed by atoms with Crippen LogP contribution in [0.3, 0.4) is 0 Å². The lowest BCUT2D eigenvalue weighted by Gasteiger charge is -2.59. The first-order valence-electron chi connectivity index (χ1n) is 9.89. The normalized spacial score (nSPS) is 53.0. The number of aliphatic hydroxyl groups is 1. The summed E-state index contributed by atoms with van der Waals surface area (Å²) in [5, 5.41) is 10.0. The van der Waals surface area contributed by atoms with E-state index in [4.69, 9.17) is 4.74 Å². The van der Waals surface area contributed by atoms with Crippen molar-refractivity contribution in [3.05, 3.63) is 12.2 Å². The number of allylic oxidation sites excluding steroid dienone is 1. The van der Waals surface area contributed by atoms with Crippen molar-refractivity contribution in [3.8, 4) is 0 Å². The Hall–Kier alpha value is -0.830. The maximum absolute atomic E-state index is 11.5. The average molecular weight is 332 g/mol. The van der Waals surface area contributed by atoms with Gasteiger partial charge in [0.25, 0.3) is 0 Å². The lowest BCUT2D eigenvalue weighted by atomic mass is 9.46. The van der Waals surface area contributed by atoms with Gasteiger partial charge < -0.3 is 9.84 Å². The zero-order valence-electron chi connectivity index (χ0n) is 15.3. The van der Waals surface area contributed by atoms with Crippen molar-refractivity contribution in [1.29, 1.82) is 0 Å². The summed E-state index contributed by atoms with van der Waals surface area (Å²) in [6.45, 7) is 6.37. The SMILES string of the molecule is CC(=O)O[C@@H]1CC[C@H]2[C@@H]3CC[C@H]4C[C@H](O)C=C[C@]4(C)[C@H]3CC[C@]12C. The van der Waals surface area contributed by atoms with Crippen LogP contribution in [0.1, 0.15) is 65.7 Å². The van der Waals surface area contributed by atoms with Crippen molar-refractivity contribution in [2.45, 2.75) is 77.9 Å². The highest BCUT2D eigenvalue weighted by atomic mass is 16.5. The number of rotatable bonds is 1. The zero-order valence-corrected chi connectivity index (χ0v) is 15.3. The van der Waals surface area contributed by atoms with E-state index in [2.05, 4.69) is 19.9 Å². The molecule has 8 atom stereocenters. The van der Waals surface area contributed by atoms with E-state index < -0.39 is 0 Å². The Labute approximate surface area is 145 Å². The van der Waals surface area contributed by atoms with Gasteiger partial charge in [0.15, 0.2) is 0 Å². The molecule has 4 aliphatic carbocycles. The number of esters is 1. The van der Waals surface area contributed by atoms with Gasteiger partial charge in [-0.1, -0.05) is 26.0 Å². The van der Waals surface area contributed by atoms with Crippen molar-refractivity contribution in [1.82, 2.24) is 0 Å². The Morgan fingerprint density at radius 2 is 1.92 bits per heavy atom. The largest absolute Gasteiger partial charge is 0.462 e. The average Bonchev–Trinajstić information content (AvgIpc) is 2.84. The molecule has 3 nitrogen and oxygen atoms in total. The van der Waals surface area contributed by atoms with Gasteiger partial charge in [0.1, 0.15) is 6.10 Å². The smallest absolute Gasteiger partial charge is 0.302 e. The third-order valence-electron chi connectivity index (χ3n) is 8.39. The minimum Gasteiger partial charge on any atom is -0.462 e. The quantitative estimate of drug-likeness (QED) is 0.581. The summed E-state index contributed by atoms with van der Waals surface area (Å²) < 4.78 is 5.72. The van der Waals surface area contributed by atoms with Gasteiger partial charge in [-0.05, 0) is 74.0 Å². The van der Waals surface area contributed by atoms with Crippen molar-refractivity contribution < 1.29 is 14.6 Å². The van der Waals surface area contributed by atoms with Gasteiger partial charge in [0.05, 0.1) is 6.10 Å². The van der Waals surface area contributed by atoms with E-state index in [-0.39, 0.29) is 29.0 Å². The molecule has 0 aromatic heterocycles. The number of hydrogen-bond donors (Lipinski definition) is 1. The highest BCUT2D eigenvalue weighted by Gasteiger charge is 2.60. The molecule has 0 aromatic carbocycles. The van der Waals surface area contributed by atoms with Crippen LogP contribution in [0, 0.1) is 34.5 Å². The highest BCUT2D eigenvalue weighted by molar-refractivity contribution is 5.66. The van der Waals surface area contributed by atoms with Crippen LogP contribution in [0.2, 0.25) is 0 Å². The van der Waals surface area contributed by atoms with Crippen LogP contribution in [0.5, 0.6) is 0 Å². The molecule has 24 heavy (non-hydrogen) atoms. The standard InChI is InChI=1S/C21H32O3/c1-13(22)24-19-7-6-17-16-5-4-14-12-15(23)8-10-20(14,2)18(16)9-11-21(17,19)3/h8,10,14-19,23H,4-7,9,11-12H2,1-3H3/t14-,15+,16-,17-,18-,19+,20-,21-/m0/s1. The van der Waals surface area contributed by atoms with E-state index in [1.54, 1.807) is 6.92 Å². The molecule has 0 heterocycles. The Balaban J connectivity index is 1.61. The molecule has 3 heteroatoms. The van der Waals surface area contributed by atoms with Crippen LogP contribution >= 0.6 is 0 Å². The first kappa shape index (κ1) is 16.6. The fraction of sp³-hybridized carbons (Fsp3) is 0.857. The van der Waals surface area contributed by atoms with Crippen LogP contribution in [0.15, 0.2) is 12.2 Å². The Morgan fingerprint density at radius 1 is 1.12 bits per heavy atom. The Morgan fingerprint density at radius 3 is 2.67 bits per heavy atom. The highest BCUT2D eigenvalue weighted by Crippen LogP contribution is 2.65. The maximum Gasteiger partial charge on any atom is 0.302 e. The monoisotopic (exact) mass is 332 g/mol. The molecule has 0 radical (unpaired) electrons. The summed E-state index contributed by atoms with van der Waals surface area (Å²) in [5.74, 6) is 2.69. The molecule has 0 bridgehead atoms. The summed E-state index contributed by atoms with van der Waals surface area (Å²) in [6, 6.07) is 0. The van der Waals surface area contributed by atoms with Gasteiger partial charge in [0, 0.05) is 12.3 Å². The predicted octanol–water partition coefficient (Wildman–Crippen LogP) is 4.10. The van der Waals surface area contributed by atoms with Crippen LogP contribution in [0.25, 0.3) is 0 Å². The lowest BCUT2D eigenvalue weighted by Crippen LogP contribution is -2.53. The molecule has 134 valence electrons. The third-order valence-corrected chi connectivity index (χ3v) is 8.39. The van der Waals surface area contributed by atoms with Crippen molar-refractivity contribution >= 4 is 5.97 Å². The summed E-state index contributed by atoms with van der Waals surface area (Å²) in [4.78, 5) is 11.5. The summed E-state index contributed by atoms with van der Waals surface area (Å²) in [6.07, 6.45) is 12.4. The number of fused-ring (bicyclic) bond motifs is 5. The zero-order chi connectivity index (χ0) is 17.1. The van der Waals surface area contributed by atoms with E-state index >= 15 is 0 Å². The van der Waals surface area contributed by atoms with Gasteiger partial charge >= 0.3 is 5.97 Å². The molecule has 4 aliphatic rings. The summed E-state index contributed by atoms with van der Waals surface area (Å²) >= 11 is 0. The second-order valence-corrected chi connectivity index (χ2v) is 9.40. The topological polar surface area (TPSA) is 46.5 Å². The van der Waals surface area contributed by atoms with Gasteiger partial charge in [0.2, 0.25) is 0 Å². The molecule has 0 aliphatic heterocycles. The van der Waals surface area contributed by atoms with Crippen LogP contribution < -0.4 is 0 Å². The van der Waals surface area contributed by atoms with Gasteiger partial charge in [-0.2, -0.15) is 0 Å². The number of carbonyl (C=O) groups excluding carboxylic acids is 1. The molecule has 3 fully saturated rings. The van der Waals surface area contributed by atoms with Gasteiger partial charge in [-0.3, -0.25) is 4.79 Å². The van der Waals surface area contributed by atoms with Gasteiger partial charge in [-0.25, -0.2) is 0 Å². The van der Waals surface area contributed by atoms with E-state index in [0.29, 0.717) is 11.8 Å². The molecule has 0 aromatic rings. The van der Waals surface area contributed by atoms with Crippen LogP contribution in [-0.2, 0) is 9.53 Å². The second-order valence-electron chi connectivity index (χ2n) is 9.40. The summed E-state index contributed by atoms with van der Waals surface area (Å²) in [5.41, 5.74) is 0.428. The molecular weight excluding hydrogens is 300 g/mol. The molecule has 0 amide bonds. The first-order chi connectivity index (χ1) is 11.3. The lowest BCUT2D eigenvalue weighted by molar-refractivity contribution is -0.158. The second kappa shape index (κ2) is 5.59. The number of aliphatic hydroxyl groups excluding tert-OH is 1. The first-order valence-corrected chi connectivity index (χ1v) is 9.89. The predicted molar refractivity (Wildman–Crippen MR) is 93.2 cm³/mol. The fourth-order valence-electron chi connectivity index (χ4n) is 7.14. The van der Waals surface area contributed by atoms with Crippen molar-refractivity contribution in [2.24, 2.45) is 34.5 Å². The van der Waals surface area contributed by atoms with E-state index in [9.17, 15) is 9.90 Å². The molecule has 0 saturated heterocycles. The minimum absolute atomic E-state index is 0.121. The summed E-state index contributed by atoms with van der Waals surface area (Å²) in [7, 11) is 0. The van der Waals surface area contributed by atoms with Crippen LogP contribution in [-0.4, -0.2) is 23.3 Å². The fourth-order valence-corrected chi connectivity index (χ4v) is 7.14. The van der Waals surface area contributed by atoms with Gasteiger partial charge in [-0.15, -0.1) is 0 Å². The maximum atomic E-state index is 11.5. The molecule has 3 saturated carbocycles. The van der Waals surface area contributed by atoms with Crippen LogP contribution in [0.4, 0.5) is 0 Å². The molecular formula is C21H32O3. The minimum atomic E-state index is -0.242. The van der Waals surface area contributed by atoms with E-state index in [1.165, 1.54) is 32.1 Å².